The number of carbonyl (C=O) groups excluding carboxylic acids is 1. The zero-order valence-electron chi connectivity index (χ0n) is 14.4. The van der Waals surface area contributed by atoms with E-state index in [9.17, 15) is 18.0 Å². The number of aromatic nitrogens is 1. The van der Waals surface area contributed by atoms with Crippen molar-refractivity contribution < 1.29 is 22.8 Å². The Bertz CT molecular complexity index is 628. The Morgan fingerprint density at radius 1 is 1.38 bits per heavy atom. The molecule has 144 valence electrons. The smallest absolute Gasteiger partial charge is 0.381 e. The molecule has 1 aromatic rings. The van der Waals surface area contributed by atoms with Gasteiger partial charge in [-0.15, -0.1) is 0 Å². The number of piperidine rings is 1. The molecule has 1 saturated heterocycles. The summed E-state index contributed by atoms with van der Waals surface area (Å²) in [5.74, 6) is -0.0994. The highest BCUT2D eigenvalue weighted by Gasteiger charge is 2.29. The number of rotatable bonds is 6. The summed E-state index contributed by atoms with van der Waals surface area (Å²) in [7, 11) is 0. The quantitative estimate of drug-likeness (QED) is 0.450. The molecular weight excluding hydrogens is 351 g/mol. The molecule has 2 heterocycles. The van der Waals surface area contributed by atoms with Crippen molar-refractivity contribution in [2.75, 3.05) is 24.5 Å². The molecule has 26 heavy (non-hydrogen) atoms. The van der Waals surface area contributed by atoms with Crippen LogP contribution in [-0.4, -0.2) is 48.6 Å². The molecule has 3 N–H and O–H groups in total. The van der Waals surface area contributed by atoms with E-state index in [1.165, 1.54) is 13.3 Å². The second-order valence-corrected chi connectivity index (χ2v) is 6.01. The third-order valence-corrected chi connectivity index (χ3v) is 3.87. The minimum atomic E-state index is -4.49. The molecule has 1 amide bonds. The Balaban J connectivity index is 1.89. The lowest BCUT2D eigenvalue weighted by atomic mass is 10.1. The fourth-order valence-electron chi connectivity index (χ4n) is 2.42. The topological polar surface area (TPSA) is 92.8 Å². The third kappa shape index (κ3) is 6.08. The maximum atomic E-state index is 12.1. The number of alkyl halides is 3. The number of nitrogens with zero attached hydrogens (tertiary/aromatic N) is 3. The van der Waals surface area contributed by atoms with Gasteiger partial charge >= 0.3 is 6.18 Å². The van der Waals surface area contributed by atoms with E-state index in [4.69, 9.17) is 10.6 Å². The van der Waals surface area contributed by atoms with Crippen LogP contribution in [0, 0.1) is 0 Å². The van der Waals surface area contributed by atoms with Crippen LogP contribution in [0.15, 0.2) is 23.5 Å². The second-order valence-electron chi connectivity index (χ2n) is 6.01. The molecular formula is C16H22F3N5O2. The molecule has 0 aliphatic carbocycles. The van der Waals surface area contributed by atoms with Crippen molar-refractivity contribution in [1.82, 2.24) is 10.3 Å². The zero-order valence-corrected chi connectivity index (χ0v) is 14.4. The fourth-order valence-corrected chi connectivity index (χ4v) is 2.42. The summed E-state index contributed by atoms with van der Waals surface area (Å²) < 4.78 is 36.2. The van der Waals surface area contributed by atoms with Crippen molar-refractivity contribution in [2.45, 2.75) is 38.5 Å². The number of amidine groups is 1. The average Bonchev–Trinajstić information content (AvgIpc) is 2.64. The normalized spacial score (nSPS) is 16.9. The minimum Gasteiger partial charge on any atom is -0.381 e. The van der Waals surface area contributed by atoms with Gasteiger partial charge in [-0.2, -0.15) is 13.2 Å². The molecule has 10 heteroatoms. The van der Waals surface area contributed by atoms with E-state index >= 15 is 0 Å². The molecule has 0 bridgehead atoms. The lowest BCUT2D eigenvalue weighted by Gasteiger charge is -2.27. The van der Waals surface area contributed by atoms with E-state index in [1.54, 1.807) is 17.6 Å². The van der Waals surface area contributed by atoms with Crippen molar-refractivity contribution in [3.63, 3.8) is 0 Å². The predicted octanol–water partition coefficient (Wildman–Crippen LogP) is 1.78. The number of hydrogen-bond donors (Lipinski definition) is 2. The van der Waals surface area contributed by atoms with Gasteiger partial charge in [-0.1, -0.05) is 5.16 Å². The maximum Gasteiger partial charge on any atom is 0.405 e. The van der Waals surface area contributed by atoms with Crippen LogP contribution >= 0.6 is 0 Å². The van der Waals surface area contributed by atoms with E-state index in [0.29, 0.717) is 5.56 Å². The van der Waals surface area contributed by atoms with Crippen LogP contribution in [0.5, 0.6) is 0 Å². The molecule has 7 nitrogen and oxygen atoms in total. The van der Waals surface area contributed by atoms with E-state index < -0.39 is 24.7 Å². The first-order valence-corrected chi connectivity index (χ1v) is 8.31. The highest BCUT2D eigenvalue weighted by Crippen LogP contribution is 2.17. The largest absolute Gasteiger partial charge is 0.405 e. The SMILES string of the molecule is CC(ON=C(N)c1ccc(N2CCCCC2)nc1)C(=O)NCC(F)(F)F. The molecule has 1 fully saturated rings. The van der Waals surface area contributed by atoms with Gasteiger partial charge in [0, 0.05) is 24.8 Å². The van der Waals surface area contributed by atoms with Crippen LogP contribution in [0.25, 0.3) is 0 Å². The Hall–Kier alpha value is -2.52. The Kier molecular flexibility index (Phi) is 6.64. The maximum absolute atomic E-state index is 12.1. The van der Waals surface area contributed by atoms with Crippen LogP contribution in [-0.2, 0) is 9.63 Å². The Morgan fingerprint density at radius 3 is 2.65 bits per heavy atom. The third-order valence-electron chi connectivity index (χ3n) is 3.87. The number of pyridine rings is 1. The standard InChI is InChI=1S/C16H22F3N5O2/c1-11(15(25)22-10-16(17,18)19)26-23-14(20)12-5-6-13(21-9-12)24-7-3-2-4-8-24/h5-6,9,11H,2-4,7-8,10H2,1H3,(H2,20,23)(H,22,25). The number of hydrogen-bond acceptors (Lipinski definition) is 5. The predicted molar refractivity (Wildman–Crippen MR) is 90.6 cm³/mol. The molecule has 1 unspecified atom stereocenters. The van der Waals surface area contributed by atoms with Gasteiger partial charge in [0.1, 0.15) is 12.4 Å². The van der Waals surface area contributed by atoms with Crippen molar-refractivity contribution in [2.24, 2.45) is 10.9 Å². The number of nitrogens with two attached hydrogens (primary N) is 1. The summed E-state index contributed by atoms with van der Waals surface area (Å²) in [6.45, 7) is 1.77. The average molecular weight is 373 g/mol. The molecule has 2 rings (SSSR count). The van der Waals surface area contributed by atoms with E-state index in [0.717, 1.165) is 31.7 Å². The summed E-state index contributed by atoms with van der Waals surface area (Å²) >= 11 is 0. The fraction of sp³-hybridized carbons (Fsp3) is 0.562. The van der Waals surface area contributed by atoms with Crippen LogP contribution in [0.3, 0.4) is 0 Å². The summed E-state index contributed by atoms with van der Waals surface area (Å²) in [5, 5.41) is 5.31. The zero-order chi connectivity index (χ0) is 19.2. The Labute approximate surface area is 149 Å². The van der Waals surface area contributed by atoms with Gasteiger partial charge in [-0.25, -0.2) is 4.98 Å². The van der Waals surface area contributed by atoms with Gasteiger partial charge in [0.2, 0.25) is 6.10 Å². The van der Waals surface area contributed by atoms with Gasteiger partial charge in [-0.05, 0) is 38.3 Å². The molecule has 1 aliphatic heterocycles. The van der Waals surface area contributed by atoms with Gasteiger partial charge in [0.25, 0.3) is 5.91 Å². The highest BCUT2D eigenvalue weighted by atomic mass is 19.4. The molecule has 0 spiro atoms. The van der Waals surface area contributed by atoms with Crippen LogP contribution < -0.4 is 16.0 Å². The number of nitrogens with one attached hydrogen (secondary N) is 1. The van der Waals surface area contributed by atoms with Gasteiger partial charge in [-0.3, -0.25) is 4.79 Å². The second kappa shape index (κ2) is 8.72. The summed E-state index contributed by atoms with van der Waals surface area (Å²) in [6, 6.07) is 3.55. The molecule has 1 aromatic heterocycles. The van der Waals surface area contributed by atoms with E-state index in [-0.39, 0.29) is 5.84 Å². The minimum absolute atomic E-state index is 0.0156. The number of halogens is 3. The van der Waals surface area contributed by atoms with Gasteiger partial charge in [0.05, 0.1) is 0 Å². The number of anilines is 1. The van der Waals surface area contributed by atoms with Crippen molar-refractivity contribution in [3.05, 3.63) is 23.9 Å². The molecule has 0 aromatic carbocycles. The van der Waals surface area contributed by atoms with E-state index in [2.05, 4.69) is 15.0 Å². The van der Waals surface area contributed by atoms with Gasteiger partial charge < -0.3 is 20.8 Å². The lowest BCUT2D eigenvalue weighted by molar-refractivity contribution is -0.145. The Morgan fingerprint density at radius 2 is 2.08 bits per heavy atom. The van der Waals surface area contributed by atoms with Crippen molar-refractivity contribution in [3.8, 4) is 0 Å². The van der Waals surface area contributed by atoms with Gasteiger partial charge in [0.15, 0.2) is 5.84 Å². The first-order valence-electron chi connectivity index (χ1n) is 8.31. The van der Waals surface area contributed by atoms with E-state index in [1.807, 2.05) is 6.07 Å². The summed E-state index contributed by atoms with van der Waals surface area (Å²) in [6.07, 6.45) is -0.665. The monoisotopic (exact) mass is 373 g/mol. The summed E-state index contributed by atoms with van der Waals surface area (Å²) in [5.41, 5.74) is 6.27. The van der Waals surface area contributed by atoms with Crippen molar-refractivity contribution >= 4 is 17.6 Å². The summed E-state index contributed by atoms with van der Waals surface area (Å²) in [4.78, 5) is 22.9. The molecule has 1 atom stereocenters. The molecule has 1 aliphatic rings. The first kappa shape index (κ1) is 19.8. The van der Waals surface area contributed by atoms with Crippen LogP contribution in [0.2, 0.25) is 0 Å². The number of carbonyl (C=O) groups is 1. The molecule has 0 radical (unpaired) electrons. The van der Waals surface area contributed by atoms with Crippen LogP contribution in [0.1, 0.15) is 31.7 Å². The number of amides is 1. The van der Waals surface area contributed by atoms with Crippen molar-refractivity contribution in [1.29, 1.82) is 0 Å². The van der Waals surface area contributed by atoms with Crippen LogP contribution in [0.4, 0.5) is 19.0 Å². The first-order chi connectivity index (χ1) is 12.3. The lowest BCUT2D eigenvalue weighted by Crippen LogP contribution is -2.39. The number of oxime groups is 1. The molecule has 0 saturated carbocycles. The highest BCUT2D eigenvalue weighted by molar-refractivity contribution is 5.97.